The first-order valence-electron chi connectivity index (χ1n) is 16.1. The normalized spacial score (nSPS) is 10.7. The Morgan fingerprint density at radius 1 is 0.643 bits per heavy atom. The van der Waals surface area contributed by atoms with E-state index in [1.807, 2.05) is 0 Å². The molecule has 0 saturated heterocycles. The number of carbonyl (C=O) groups is 5. The number of hydrogen-bond acceptors (Lipinski definition) is 14. The first-order chi connectivity index (χ1) is 26.2. The van der Waals surface area contributed by atoms with Gasteiger partial charge in [-0.2, -0.15) is 20.4 Å². The van der Waals surface area contributed by atoms with Gasteiger partial charge in [0, 0.05) is 81.2 Å². The van der Waals surface area contributed by atoms with Gasteiger partial charge in [-0.3, -0.25) is 62.1 Å². The van der Waals surface area contributed by atoms with Crippen molar-refractivity contribution in [1.29, 1.82) is 0 Å². The zero-order valence-corrected chi connectivity index (χ0v) is 35.2. The van der Waals surface area contributed by atoms with Crippen LogP contribution in [0, 0.1) is 0 Å². The Bertz CT molecular complexity index is 1880. The Labute approximate surface area is 332 Å². The summed E-state index contributed by atoms with van der Waals surface area (Å²) in [6.07, 6.45) is 7.58. The number of hydroxylamine groups is 8. The van der Waals surface area contributed by atoms with E-state index < -0.39 is 12.0 Å². The van der Waals surface area contributed by atoms with Crippen molar-refractivity contribution in [2.75, 3.05) is 56.6 Å². The summed E-state index contributed by atoms with van der Waals surface area (Å²) < 4.78 is 6.53. The molecule has 0 aromatic carbocycles. The van der Waals surface area contributed by atoms with Crippen molar-refractivity contribution in [1.82, 2.24) is 59.4 Å². The fraction of sp³-hybridized carbons (Fsp3) is 0.424. The van der Waals surface area contributed by atoms with Crippen molar-refractivity contribution in [2.45, 2.75) is 13.0 Å². The second kappa shape index (κ2) is 22.7. The molecule has 0 spiro atoms. The van der Waals surface area contributed by atoms with Crippen molar-refractivity contribution < 1.29 is 48.4 Å². The number of hydrogen-bond donors (Lipinski definition) is 1. The first-order valence-corrected chi connectivity index (χ1v) is 16.9. The Hall–Kier alpha value is -5.59. The molecule has 0 aliphatic carbocycles. The highest BCUT2D eigenvalue weighted by atomic mass is 79.9. The monoisotopic (exact) mass is 852 g/mol. The topological polar surface area (TPSA) is 227 Å². The number of aliphatic hydroxyl groups excluding tert-OH is 1. The molecule has 1 atom stereocenters. The summed E-state index contributed by atoms with van der Waals surface area (Å²) in [5, 5.41) is 29.7. The van der Waals surface area contributed by atoms with E-state index in [0.717, 1.165) is 20.3 Å². The largest absolute Gasteiger partial charge is 0.387 e. The SMILES string of the molecule is C=Cc1nn(C)cc1C(=O)N(C)OC.CON(C)C(=O)c1cn(C)nc1Br.CON(C)C(=O)c1cn(C)nc1C(C)O.CON(C)C(=O)c1cn(C)nc1C=O. The summed E-state index contributed by atoms with van der Waals surface area (Å²) >= 11 is 3.18. The number of aldehydes is 1. The lowest BCUT2D eigenvalue weighted by atomic mass is 10.1. The molecular weight excluding hydrogens is 804 g/mol. The molecule has 56 heavy (non-hydrogen) atoms. The Balaban J connectivity index is 0.000000374. The standard InChI is InChI=1S/C9H15N3O3.C9H13N3O2.C8H11N3O3.C7H10BrN3O2/c1-6(13)8-7(5-11(2)10-8)9(14)12(3)15-4;1-5-8-7(6-11(2)10-8)9(13)12(3)14-4;1-10-4-6(7(5-12)9-10)8(13)11(2)14-3;1-10-4-5(6(8)9-10)7(12)11(2)13-3/h5-6,13H,1-4H3;5-6H,1H2,2-4H3;4-5H,1-3H3;4H,1-3H3. The fourth-order valence-electron chi connectivity index (χ4n) is 4.17. The highest BCUT2D eigenvalue weighted by Gasteiger charge is 2.22. The van der Waals surface area contributed by atoms with Gasteiger partial charge < -0.3 is 5.11 Å². The zero-order valence-electron chi connectivity index (χ0n) is 33.6. The van der Waals surface area contributed by atoms with Gasteiger partial charge in [-0.05, 0) is 28.9 Å². The van der Waals surface area contributed by atoms with Gasteiger partial charge in [0.2, 0.25) is 0 Å². The van der Waals surface area contributed by atoms with E-state index in [9.17, 15) is 29.1 Å². The van der Waals surface area contributed by atoms with Gasteiger partial charge in [0.25, 0.3) is 23.6 Å². The molecule has 0 aliphatic heterocycles. The molecule has 4 aromatic rings. The maximum Gasteiger partial charge on any atom is 0.281 e. The number of halogens is 1. The van der Waals surface area contributed by atoms with E-state index in [1.54, 1.807) is 77.2 Å². The van der Waals surface area contributed by atoms with Gasteiger partial charge in [0.1, 0.15) is 16.0 Å². The molecule has 4 amide bonds. The molecule has 1 N–H and O–H groups in total. The van der Waals surface area contributed by atoms with Gasteiger partial charge in [0.05, 0.1) is 62.5 Å². The number of aliphatic hydroxyl groups is 1. The van der Waals surface area contributed by atoms with Gasteiger partial charge in [-0.15, -0.1) is 0 Å². The summed E-state index contributed by atoms with van der Waals surface area (Å²) in [6.45, 7) is 5.15. The molecule has 0 bridgehead atoms. The van der Waals surface area contributed by atoms with Crippen LogP contribution in [-0.2, 0) is 47.5 Å². The van der Waals surface area contributed by atoms with E-state index in [-0.39, 0.29) is 29.0 Å². The summed E-state index contributed by atoms with van der Waals surface area (Å²) in [4.78, 5) is 76.1. The van der Waals surface area contributed by atoms with E-state index in [0.29, 0.717) is 39.0 Å². The molecule has 0 aliphatic rings. The van der Waals surface area contributed by atoms with Crippen LogP contribution < -0.4 is 0 Å². The molecule has 4 rings (SSSR count). The molecule has 0 saturated carbocycles. The zero-order chi connectivity index (χ0) is 43.0. The van der Waals surface area contributed by atoms with Gasteiger partial charge in [-0.1, -0.05) is 6.58 Å². The summed E-state index contributed by atoms with van der Waals surface area (Å²) in [5.41, 5.74) is 2.55. The molecule has 0 radical (unpaired) electrons. The van der Waals surface area contributed by atoms with Crippen LogP contribution in [0.3, 0.4) is 0 Å². The lowest BCUT2D eigenvalue weighted by Crippen LogP contribution is -2.26. The van der Waals surface area contributed by atoms with Crippen molar-refractivity contribution in [3.63, 3.8) is 0 Å². The van der Waals surface area contributed by atoms with E-state index in [2.05, 4.69) is 42.9 Å². The number of aromatic nitrogens is 8. The van der Waals surface area contributed by atoms with Gasteiger partial charge in [-0.25, -0.2) is 20.3 Å². The van der Waals surface area contributed by atoms with Gasteiger partial charge >= 0.3 is 0 Å². The van der Waals surface area contributed by atoms with Gasteiger partial charge in [0.15, 0.2) is 6.29 Å². The van der Waals surface area contributed by atoms with E-state index in [4.69, 9.17) is 19.4 Å². The van der Waals surface area contributed by atoms with E-state index in [1.165, 1.54) is 64.2 Å². The summed E-state index contributed by atoms with van der Waals surface area (Å²) in [5.74, 6) is -1.21. The third-order valence-corrected chi connectivity index (χ3v) is 7.80. The van der Waals surface area contributed by atoms with Crippen LogP contribution in [0.15, 0.2) is 36.0 Å². The third-order valence-electron chi connectivity index (χ3n) is 7.22. The lowest BCUT2D eigenvalue weighted by Gasteiger charge is -2.13. The second-order valence-electron chi connectivity index (χ2n) is 11.3. The number of aryl methyl sites for hydroxylation is 4. The predicted octanol–water partition coefficient (Wildman–Crippen LogP) is 1.49. The Kier molecular flexibility index (Phi) is 19.6. The van der Waals surface area contributed by atoms with Crippen molar-refractivity contribution >= 4 is 51.9 Å². The maximum absolute atomic E-state index is 11.8. The summed E-state index contributed by atoms with van der Waals surface area (Å²) in [7, 11) is 18.5. The Morgan fingerprint density at radius 2 is 0.964 bits per heavy atom. The second-order valence-corrected chi connectivity index (χ2v) is 12.0. The third kappa shape index (κ3) is 13.3. The van der Waals surface area contributed by atoms with Crippen LogP contribution in [0.1, 0.15) is 76.3 Å². The van der Waals surface area contributed by atoms with Crippen LogP contribution in [0.4, 0.5) is 0 Å². The first kappa shape index (κ1) is 48.4. The molecular formula is C33H49BrN12O10. The molecule has 4 aromatic heterocycles. The number of nitrogens with zero attached hydrogens (tertiary/aromatic N) is 12. The number of carbonyl (C=O) groups excluding carboxylic acids is 5. The fourth-order valence-corrected chi connectivity index (χ4v) is 4.69. The molecule has 23 heteroatoms. The molecule has 4 heterocycles. The summed E-state index contributed by atoms with van der Waals surface area (Å²) in [6, 6.07) is 0. The molecule has 1 unspecified atom stereocenters. The smallest absolute Gasteiger partial charge is 0.281 e. The van der Waals surface area contributed by atoms with Crippen molar-refractivity contribution in [3.8, 4) is 0 Å². The molecule has 22 nitrogen and oxygen atoms in total. The van der Waals surface area contributed by atoms with Crippen LogP contribution in [0.25, 0.3) is 6.08 Å². The minimum Gasteiger partial charge on any atom is -0.387 e. The molecule has 0 fully saturated rings. The highest BCUT2D eigenvalue weighted by molar-refractivity contribution is 9.10. The highest BCUT2D eigenvalue weighted by Crippen LogP contribution is 2.17. The quantitative estimate of drug-likeness (QED) is 0.167. The van der Waals surface area contributed by atoms with Crippen LogP contribution in [-0.4, -0.2) is 151 Å². The van der Waals surface area contributed by atoms with Crippen LogP contribution in [0.5, 0.6) is 0 Å². The Morgan fingerprint density at radius 3 is 1.32 bits per heavy atom. The predicted molar refractivity (Wildman–Crippen MR) is 203 cm³/mol. The maximum atomic E-state index is 11.8. The number of rotatable bonds is 11. The van der Waals surface area contributed by atoms with Crippen molar-refractivity contribution in [3.05, 3.63) is 75.3 Å². The minimum absolute atomic E-state index is 0.112. The van der Waals surface area contributed by atoms with Crippen LogP contribution in [0.2, 0.25) is 0 Å². The minimum atomic E-state index is -0.782. The number of amides is 4. The molecule has 308 valence electrons. The average Bonchev–Trinajstić information content (AvgIpc) is 3.96. The van der Waals surface area contributed by atoms with E-state index >= 15 is 0 Å². The average molecular weight is 854 g/mol. The lowest BCUT2D eigenvalue weighted by molar-refractivity contribution is -0.0758. The van der Waals surface area contributed by atoms with Crippen molar-refractivity contribution in [2.24, 2.45) is 28.2 Å². The van der Waals surface area contributed by atoms with Crippen LogP contribution >= 0.6 is 15.9 Å².